The minimum atomic E-state index is 0.764. The molecule has 0 atom stereocenters. The summed E-state index contributed by atoms with van der Waals surface area (Å²) >= 11 is 0. The average Bonchev–Trinajstić information content (AvgIpc) is 2.66. The Bertz CT molecular complexity index is 526. The minimum absolute atomic E-state index is 0.764. The number of imidazole rings is 1. The molecule has 0 aliphatic rings. The third-order valence-electron chi connectivity index (χ3n) is 3.20. The molecule has 0 aliphatic heterocycles. The fourth-order valence-electron chi connectivity index (χ4n) is 2.03. The number of hydrogen-bond donors (Lipinski definition) is 1. The summed E-state index contributed by atoms with van der Waals surface area (Å²) in [5.41, 5.74) is 10.7. The van der Waals surface area contributed by atoms with E-state index in [2.05, 4.69) is 44.0 Å². The van der Waals surface area contributed by atoms with Gasteiger partial charge in [0.15, 0.2) is 0 Å². The van der Waals surface area contributed by atoms with Crippen molar-refractivity contribution in [3.05, 3.63) is 35.7 Å². The van der Waals surface area contributed by atoms with Gasteiger partial charge in [-0.2, -0.15) is 0 Å². The summed E-state index contributed by atoms with van der Waals surface area (Å²) < 4.78 is 2.01. The van der Waals surface area contributed by atoms with E-state index in [-0.39, 0.29) is 0 Å². The number of anilines is 1. The molecule has 90 valence electrons. The fourth-order valence-corrected chi connectivity index (χ4v) is 2.03. The van der Waals surface area contributed by atoms with Crippen molar-refractivity contribution in [1.29, 1.82) is 0 Å². The van der Waals surface area contributed by atoms with Gasteiger partial charge in [-0.05, 0) is 31.4 Å². The van der Waals surface area contributed by atoms with Crippen molar-refractivity contribution >= 4 is 5.82 Å². The number of aryl methyl sites for hydroxylation is 2. The number of nitrogens with two attached hydrogens (primary N) is 1. The Balaban J connectivity index is 2.50. The Morgan fingerprint density at radius 1 is 1.29 bits per heavy atom. The highest BCUT2D eigenvalue weighted by atomic mass is 15.1. The quantitative estimate of drug-likeness (QED) is 0.878. The summed E-state index contributed by atoms with van der Waals surface area (Å²) in [6, 6.07) is 6.24. The van der Waals surface area contributed by atoms with Crippen molar-refractivity contribution in [3.8, 4) is 11.3 Å². The summed E-state index contributed by atoms with van der Waals surface area (Å²) in [5, 5.41) is 0. The van der Waals surface area contributed by atoms with Crippen LogP contribution in [0.3, 0.4) is 0 Å². The van der Waals surface area contributed by atoms with Gasteiger partial charge in [-0.1, -0.05) is 25.1 Å². The van der Waals surface area contributed by atoms with Crippen LogP contribution in [-0.2, 0) is 6.54 Å². The van der Waals surface area contributed by atoms with Crippen molar-refractivity contribution in [2.45, 2.75) is 33.7 Å². The maximum absolute atomic E-state index is 6.14. The minimum Gasteiger partial charge on any atom is -0.383 e. The first kappa shape index (κ1) is 11.7. The molecule has 1 aromatic carbocycles. The van der Waals surface area contributed by atoms with Crippen molar-refractivity contribution in [2.75, 3.05) is 5.73 Å². The molecule has 0 amide bonds. The van der Waals surface area contributed by atoms with Gasteiger partial charge in [-0.15, -0.1) is 0 Å². The molecule has 0 aliphatic carbocycles. The predicted molar refractivity (Wildman–Crippen MR) is 71.8 cm³/mol. The molecule has 2 aromatic rings. The zero-order chi connectivity index (χ0) is 12.4. The van der Waals surface area contributed by atoms with Gasteiger partial charge >= 0.3 is 0 Å². The fraction of sp³-hybridized carbons (Fsp3) is 0.357. The molecular weight excluding hydrogens is 210 g/mol. The zero-order valence-corrected chi connectivity index (χ0v) is 10.7. The topological polar surface area (TPSA) is 43.8 Å². The lowest BCUT2D eigenvalue weighted by Gasteiger charge is -2.08. The van der Waals surface area contributed by atoms with E-state index >= 15 is 0 Å². The molecule has 0 bridgehead atoms. The van der Waals surface area contributed by atoms with Gasteiger partial charge in [0.2, 0.25) is 0 Å². The van der Waals surface area contributed by atoms with Gasteiger partial charge in [0.05, 0.1) is 6.33 Å². The maximum Gasteiger partial charge on any atom is 0.131 e. The Morgan fingerprint density at radius 2 is 2.06 bits per heavy atom. The second-order valence-electron chi connectivity index (χ2n) is 4.42. The molecule has 3 nitrogen and oxygen atoms in total. The van der Waals surface area contributed by atoms with E-state index < -0.39 is 0 Å². The molecule has 0 saturated carbocycles. The molecule has 17 heavy (non-hydrogen) atoms. The van der Waals surface area contributed by atoms with E-state index in [1.165, 1.54) is 11.1 Å². The number of aromatic nitrogens is 2. The predicted octanol–water partition coefficient (Wildman–Crippen LogP) is 3.16. The van der Waals surface area contributed by atoms with Crippen LogP contribution in [0.5, 0.6) is 0 Å². The van der Waals surface area contributed by atoms with Crippen LogP contribution in [0, 0.1) is 13.8 Å². The standard InChI is InChI=1S/C14H19N3/c1-4-8-17-9-16-13(14(17)15)12-7-5-6-10(2)11(12)3/h5-7,9H,4,8,15H2,1-3H3. The van der Waals surface area contributed by atoms with Crippen LogP contribution >= 0.6 is 0 Å². The summed E-state index contributed by atoms with van der Waals surface area (Å²) in [6.45, 7) is 7.28. The molecule has 0 unspecified atom stereocenters. The first-order chi connectivity index (χ1) is 8.15. The summed E-state index contributed by atoms with van der Waals surface area (Å²) in [4.78, 5) is 4.44. The Kier molecular flexibility index (Phi) is 3.18. The van der Waals surface area contributed by atoms with Gasteiger partial charge in [-0.3, -0.25) is 0 Å². The third-order valence-corrected chi connectivity index (χ3v) is 3.20. The van der Waals surface area contributed by atoms with Crippen molar-refractivity contribution < 1.29 is 0 Å². The van der Waals surface area contributed by atoms with Gasteiger partial charge < -0.3 is 10.3 Å². The molecule has 0 spiro atoms. The van der Waals surface area contributed by atoms with Gasteiger partial charge in [0.25, 0.3) is 0 Å². The molecule has 0 fully saturated rings. The molecule has 1 aromatic heterocycles. The average molecular weight is 229 g/mol. The number of benzene rings is 1. The Morgan fingerprint density at radius 3 is 2.76 bits per heavy atom. The summed E-state index contributed by atoms with van der Waals surface area (Å²) in [7, 11) is 0. The number of hydrogen-bond acceptors (Lipinski definition) is 2. The lowest BCUT2D eigenvalue weighted by molar-refractivity contribution is 0.686. The van der Waals surface area contributed by atoms with Gasteiger partial charge in [0.1, 0.15) is 11.5 Å². The first-order valence-electron chi connectivity index (χ1n) is 6.02. The highest BCUT2D eigenvalue weighted by Gasteiger charge is 2.12. The highest BCUT2D eigenvalue weighted by Crippen LogP contribution is 2.28. The molecule has 2 N–H and O–H groups in total. The number of rotatable bonds is 3. The molecule has 0 saturated heterocycles. The third kappa shape index (κ3) is 2.05. The zero-order valence-electron chi connectivity index (χ0n) is 10.7. The lowest BCUT2D eigenvalue weighted by Crippen LogP contribution is -2.01. The molecule has 0 radical (unpaired) electrons. The van der Waals surface area contributed by atoms with E-state index in [1.807, 2.05) is 10.9 Å². The highest BCUT2D eigenvalue weighted by molar-refractivity contribution is 5.73. The Labute approximate surface area is 102 Å². The summed E-state index contributed by atoms with van der Waals surface area (Å²) in [5.74, 6) is 0.764. The second kappa shape index (κ2) is 4.62. The largest absolute Gasteiger partial charge is 0.383 e. The molecular formula is C14H19N3. The van der Waals surface area contributed by atoms with Crippen LogP contribution in [0.25, 0.3) is 11.3 Å². The van der Waals surface area contributed by atoms with E-state index in [9.17, 15) is 0 Å². The van der Waals surface area contributed by atoms with Crippen LogP contribution in [0.2, 0.25) is 0 Å². The Hall–Kier alpha value is -1.77. The summed E-state index contributed by atoms with van der Waals surface area (Å²) in [6.07, 6.45) is 2.89. The van der Waals surface area contributed by atoms with Crippen molar-refractivity contribution in [3.63, 3.8) is 0 Å². The van der Waals surface area contributed by atoms with Crippen LogP contribution < -0.4 is 5.73 Å². The first-order valence-corrected chi connectivity index (χ1v) is 6.02. The molecule has 1 heterocycles. The van der Waals surface area contributed by atoms with Crippen LogP contribution in [0.4, 0.5) is 5.82 Å². The maximum atomic E-state index is 6.14. The van der Waals surface area contributed by atoms with Crippen LogP contribution in [0.1, 0.15) is 24.5 Å². The molecule has 2 rings (SSSR count). The monoisotopic (exact) mass is 229 g/mol. The second-order valence-corrected chi connectivity index (χ2v) is 4.42. The normalized spacial score (nSPS) is 10.8. The molecule has 3 heteroatoms. The SMILES string of the molecule is CCCn1cnc(-c2cccc(C)c2C)c1N. The number of nitrogens with zero attached hydrogens (tertiary/aromatic N) is 2. The van der Waals surface area contributed by atoms with Crippen molar-refractivity contribution in [1.82, 2.24) is 9.55 Å². The van der Waals surface area contributed by atoms with E-state index in [4.69, 9.17) is 5.73 Å². The van der Waals surface area contributed by atoms with Gasteiger partial charge in [-0.25, -0.2) is 4.98 Å². The number of nitrogen functional groups attached to an aromatic ring is 1. The van der Waals surface area contributed by atoms with Gasteiger partial charge in [0, 0.05) is 12.1 Å². The van der Waals surface area contributed by atoms with E-state index in [0.29, 0.717) is 0 Å². The van der Waals surface area contributed by atoms with E-state index in [1.54, 1.807) is 0 Å². The van der Waals surface area contributed by atoms with Crippen LogP contribution in [0.15, 0.2) is 24.5 Å². The van der Waals surface area contributed by atoms with Crippen molar-refractivity contribution in [2.24, 2.45) is 0 Å². The smallest absolute Gasteiger partial charge is 0.131 e. The van der Waals surface area contributed by atoms with E-state index in [0.717, 1.165) is 30.0 Å². The van der Waals surface area contributed by atoms with Crippen LogP contribution in [-0.4, -0.2) is 9.55 Å². The lowest BCUT2D eigenvalue weighted by atomic mass is 10.0.